The van der Waals surface area contributed by atoms with E-state index in [-0.39, 0.29) is 6.10 Å². The van der Waals surface area contributed by atoms with Gasteiger partial charge in [-0.3, -0.25) is 0 Å². The molecule has 4 heteroatoms. The van der Waals surface area contributed by atoms with Crippen molar-refractivity contribution in [2.75, 3.05) is 33.7 Å². The highest BCUT2D eigenvalue weighted by molar-refractivity contribution is 7.17. The van der Waals surface area contributed by atoms with Crippen molar-refractivity contribution < 1.29 is 5.11 Å². The van der Waals surface area contributed by atoms with Crippen LogP contribution < -0.4 is 0 Å². The van der Waals surface area contributed by atoms with Gasteiger partial charge in [0, 0.05) is 30.4 Å². The Labute approximate surface area is 124 Å². The van der Waals surface area contributed by atoms with Crippen molar-refractivity contribution in [3.05, 3.63) is 35.2 Å². The van der Waals surface area contributed by atoms with Crippen molar-refractivity contribution in [1.82, 2.24) is 9.80 Å². The van der Waals surface area contributed by atoms with Gasteiger partial charge in [0.05, 0.1) is 6.10 Å². The van der Waals surface area contributed by atoms with Crippen LogP contribution in [-0.4, -0.2) is 54.7 Å². The minimum absolute atomic E-state index is 0.378. The van der Waals surface area contributed by atoms with Crippen molar-refractivity contribution in [3.8, 4) is 0 Å². The third-order valence-corrected chi connectivity index (χ3v) is 5.32. The van der Waals surface area contributed by atoms with E-state index in [1.165, 1.54) is 10.1 Å². The van der Waals surface area contributed by atoms with Crippen LogP contribution in [0.3, 0.4) is 0 Å². The monoisotopic (exact) mass is 290 g/mol. The molecule has 2 aromatic rings. The fourth-order valence-corrected chi connectivity index (χ4v) is 3.98. The molecule has 1 aromatic carbocycles. The number of piperazine rings is 1. The van der Waals surface area contributed by atoms with Crippen LogP contribution in [-0.2, 0) is 0 Å². The largest absolute Gasteiger partial charge is 0.388 e. The lowest BCUT2D eigenvalue weighted by Crippen LogP contribution is -2.50. The first-order chi connectivity index (χ1) is 9.65. The normalized spacial score (nSPS) is 23.2. The molecular formula is C16H22N2OS. The third-order valence-electron chi connectivity index (χ3n) is 4.34. The molecule has 0 spiro atoms. The second kappa shape index (κ2) is 5.82. The summed E-state index contributed by atoms with van der Waals surface area (Å²) in [6, 6.07) is 8.78. The Morgan fingerprint density at radius 2 is 2.15 bits per heavy atom. The van der Waals surface area contributed by atoms with Crippen molar-refractivity contribution in [3.63, 3.8) is 0 Å². The second-order valence-corrected chi connectivity index (χ2v) is 6.75. The summed E-state index contributed by atoms with van der Waals surface area (Å²) in [4.78, 5) is 4.72. The molecule has 2 unspecified atom stereocenters. The van der Waals surface area contributed by atoms with Gasteiger partial charge in [0.1, 0.15) is 0 Å². The molecule has 1 aliphatic rings. The van der Waals surface area contributed by atoms with E-state index in [0.717, 1.165) is 31.6 Å². The highest BCUT2D eigenvalue weighted by Crippen LogP contribution is 2.31. The van der Waals surface area contributed by atoms with Gasteiger partial charge in [-0.05, 0) is 42.9 Å². The number of fused-ring (bicyclic) bond motifs is 1. The number of aliphatic hydroxyl groups is 1. The standard InChI is InChI=1S/C16H22N2OS/c1-17-7-8-18(2)13(11-17)10-15(19)14-5-3-4-12-6-9-20-16(12)14/h3-6,9,13,15,19H,7-8,10-11H2,1-2H3. The lowest BCUT2D eigenvalue weighted by molar-refractivity contribution is 0.0640. The highest BCUT2D eigenvalue weighted by Gasteiger charge is 2.25. The minimum atomic E-state index is -0.378. The summed E-state index contributed by atoms with van der Waals surface area (Å²) in [6.07, 6.45) is 0.425. The van der Waals surface area contributed by atoms with Crippen LogP contribution in [0.15, 0.2) is 29.6 Å². The molecule has 2 atom stereocenters. The van der Waals surface area contributed by atoms with Gasteiger partial charge in [0.25, 0.3) is 0 Å². The maximum Gasteiger partial charge on any atom is 0.0819 e. The first-order valence-corrected chi connectivity index (χ1v) is 8.06. The number of thiophene rings is 1. The Morgan fingerprint density at radius 1 is 1.30 bits per heavy atom. The summed E-state index contributed by atoms with van der Waals surface area (Å²) in [6.45, 7) is 3.23. The van der Waals surface area contributed by atoms with Gasteiger partial charge in [0.2, 0.25) is 0 Å². The maximum atomic E-state index is 10.7. The zero-order valence-electron chi connectivity index (χ0n) is 12.1. The van der Waals surface area contributed by atoms with Crippen LogP contribution in [0.2, 0.25) is 0 Å². The number of hydrogen-bond donors (Lipinski definition) is 1. The van der Waals surface area contributed by atoms with Crippen LogP contribution in [0.25, 0.3) is 10.1 Å². The van der Waals surface area contributed by atoms with Crippen molar-refractivity contribution in [2.45, 2.75) is 18.6 Å². The molecule has 1 saturated heterocycles. The molecule has 2 heterocycles. The van der Waals surface area contributed by atoms with Gasteiger partial charge in [-0.15, -0.1) is 11.3 Å². The van der Waals surface area contributed by atoms with Gasteiger partial charge in [-0.2, -0.15) is 0 Å². The summed E-state index contributed by atoms with van der Waals surface area (Å²) >= 11 is 1.72. The van der Waals surface area contributed by atoms with Crippen LogP contribution >= 0.6 is 11.3 Å². The number of nitrogens with zero attached hydrogens (tertiary/aromatic N) is 2. The van der Waals surface area contributed by atoms with Crippen LogP contribution in [0.1, 0.15) is 18.1 Å². The molecule has 1 aromatic heterocycles. The van der Waals surface area contributed by atoms with Crippen molar-refractivity contribution in [1.29, 1.82) is 0 Å². The topological polar surface area (TPSA) is 26.7 Å². The molecular weight excluding hydrogens is 268 g/mol. The molecule has 0 bridgehead atoms. The Hall–Kier alpha value is -0.940. The second-order valence-electron chi connectivity index (χ2n) is 5.83. The Balaban J connectivity index is 1.78. The fraction of sp³-hybridized carbons (Fsp3) is 0.500. The molecule has 0 amide bonds. The number of rotatable bonds is 3. The predicted octanol–water partition coefficient (Wildman–Crippen LogP) is 2.57. The van der Waals surface area contributed by atoms with Gasteiger partial charge in [-0.1, -0.05) is 18.2 Å². The van der Waals surface area contributed by atoms with E-state index < -0.39 is 0 Å². The predicted molar refractivity (Wildman–Crippen MR) is 85.3 cm³/mol. The lowest BCUT2D eigenvalue weighted by atomic mass is 9.99. The molecule has 108 valence electrons. The Morgan fingerprint density at radius 3 is 3.00 bits per heavy atom. The van der Waals surface area contributed by atoms with E-state index in [2.05, 4.69) is 47.5 Å². The summed E-state index contributed by atoms with van der Waals surface area (Å²) in [5, 5.41) is 14.0. The van der Waals surface area contributed by atoms with Crippen LogP contribution in [0.4, 0.5) is 0 Å². The number of benzene rings is 1. The van der Waals surface area contributed by atoms with E-state index in [1.54, 1.807) is 11.3 Å². The van der Waals surface area contributed by atoms with E-state index in [4.69, 9.17) is 0 Å². The van der Waals surface area contributed by atoms with Gasteiger partial charge in [-0.25, -0.2) is 0 Å². The molecule has 1 aliphatic heterocycles. The van der Waals surface area contributed by atoms with E-state index in [1.807, 2.05) is 6.07 Å². The number of hydrogen-bond acceptors (Lipinski definition) is 4. The molecule has 1 N–H and O–H groups in total. The Bertz CT molecular complexity index is 583. The zero-order valence-corrected chi connectivity index (χ0v) is 12.9. The summed E-state index contributed by atoms with van der Waals surface area (Å²) in [5.74, 6) is 0. The third kappa shape index (κ3) is 2.74. The first-order valence-electron chi connectivity index (χ1n) is 7.18. The molecule has 20 heavy (non-hydrogen) atoms. The van der Waals surface area contributed by atoms with Crippen LogP contribution in [0, 0.1) is 0 Å². The average Bonchev–Trinajstić information content (AvgIpc) is 2.91. The quantitative estimate of drug-likeness (QED) is 0.941. The van der Waals surface area contributed by atoms with Gasteiger partial charge >= 0.3 is 0 Å². The average molecular weight is 290 g/mol. The lowest BCUT2D eigenvalue weighted by Gasteiger charge is -2.38. The van der Waals surface area contributed by atoms with Crippen molar-refractivity contribution >= 4 is 21.4 Å². The SMILES string of the molecule is CN1CCN(C)C(CC(O)c2cccc3ccsc23)C1. The maximum absolute atomic E-state index is 10.7. The Kier molecular flexibility index (Phi) is 4.08. The van der Waals surface area contributed by atoms with Crippen molar-refractivity contribution in [2.24, 2.45) is 0 Å². The van der Waals surface area contributed by atoms with Crippen LogP contribution in [0.5, 0.6) is 0 Å². The summed E-state index contributed by atoms with van der Waals surface area (Å²) in [7, 11) is 4.32. The minimum Gasteiger partial charge on any atom is -0.388 e. The highest BCUT2D eigenvalue weighted by atomic mass is 32.1. The number of likely N-dealkylation sites (N-methyl/N-ethyl adjacent to an activating group) is 2. The van der Waals surface area contributed by atoms with E-state index in [9.17, 15) is 5.11 Å². The van der Waals surface area contributed by atoms with Gasteiger partial charge in [0.15, 0.2) is 0 Å². The van der Waals surface area contributed by atoms with E-state index >= 15 is 0 Å². The molecule has 3 rings (SSSR count). The molecule has 0 saturated carbocycles. The first kappa shape index (κ1) is 14.0. The number of aliphatic hydroxyl groups excluding tert-OH is 1. The van der Waals surface area contributed by atoms with E-state index in [0.29, 0.717) is 6.04 Å². The van der Waals surface area contributed by atoms with Gasteiger partial charge < -0.3 is 14.9 Å². The summed E-state index contributed by atoms with van der Waals surface area (Å²) in [5.41, 5.74) is 1.08. The fourth-order valence-electron chi connectivity index (χ4n) is 3.02. The smallest absolute Gasteiger partial charge is 0.0819 e. The summed E-state index contributed by atoms with van der Waals surface area (Å²) < 4.78 is 1.23. The molecule has 3 nitrogen and oxygen atoms in total. The molecule has 0 aliphatic carbocycles. The molecule has 0 radical (unpaired) electrons. The molecule has 1 fully saturated rings. The zero-order chi connectivity index (χ0) is 14.1.